The Labute approximate surface area is 345 Å². The number of carbonyl (C=O) groups is 1. The van der Waals surface area contributed by atoms with Crippen LogP contribution in [0.5, 0.6) is 34.5 Å². The number of ketones is 1. The molecule has 6 aromatic rings. The molecule has 2 aromatic carbocycles. The lowest BCUT2D eigenvalue weighted by Crippen LogP contribution is -2.09. The van der Waals surface area contributed by atoms with Gasteiger partial charge in [-0.25, -0.2) is 18.0 Å². The second kappa shape index (κ2) is 18.4. The molecule has 0 fully saturated rings. The van der Waals surface area contributed by atoms with Gasteiger partial charge in [-0.1, -0.05) is 38.1 Å². The first-order valence-electron chi connectivity index (χ1n) is 19.2. The molecule has 0 amide bonds. The Morgan fingerprint density at radius 3 is 1.35 bits per heavy atom. The van der Waals surface area contributed by atoms with E-state index < -0.39 is 13.3 Å². The summed E-state index contributed by atoms with van der Waals surface area (Å²) < 4.78 is 69.6. The van der Waals surface area contributed by atoms with Crippen molar-refractivity contribution in [3.63, 3.8) is 0 Å². The van der Waals surface area contributed by atoms with Crippen LogP contribution in [0.25, 0.3) is 39.9 Å². The van der Waals surface area contributed by atoms with E-state index in [0.29, 0.717) is 105 Å². The molecular weight excluding hydrogens is 781 g/mol. The predicted molar refractivity (Wildman–Crippen MR) is 220 cm³/mol. The highest BCUT2D eigenvalue weighted by Gasteiger charge is 2.29. The van der Waals surface area contributed by atoms with E-state index in [2.05, 4.69) is 30.6 Å². The van der Waals surface area contributed by atoms with Crippen molar-refractivity contribution in [3.05, 3.63) is 76.4 Å². The molecule has 0 radical (unpaired) electrons. The topological polar surface area (TPSA) is 175 Å². The maximum atomic E-state index is 14.3. The van der Waals surface area contributed by atoms with Gasteiger partial charge in [-0.3, -0.25) is 4.79 Å². The van der Waals surface area contributed by atoms with Gasteiger partial charge in [0.2, 0.25) is 17.3 Å². The second-order valence-corrected chi connectivity index (χ2v) is 13.2. The van der Waals surface area contributed by atoms with Crippen LogP contribution in [0.1, 0.15) is 66.1 Å². The molecule has 19 heteroatoms. The van der Waals surface area contributed by atoms with Crippen LogP contribution < -0.4 is 28.4 Å². The maximum absolute atomic E-state index is 14.3. The Bertz CT molecular complexity index is 2470. The number of allylic oxidation sites excluding steroid dienone is 1. The van der Waals surface area contributed by atoms with Gasteiger partial charge < -0.3 is 43.0 Å². The highest BCUT2D eigenvalue weighted by molar-refractivity contribution is 6.36. The van der Waals surface area contributed by atoms with E-state index in [1.54, 1.807) is 41.3 Å². The fourth-order valence-electron chi connectivity index (χ4n) is 7.43. The molecule has 4 heterocycles. The molecule has 6 rings (SSSR count). The van der Waals surface area contributed by atoms with E-state index in [1.165, 1.54) is 47.3 Å². The zero-order valence-electron chi connectivity index (χ0n) is 35.2. The van der Waals surface area contributed by atoms with Crippen molar-refractivity contribution in [1.82, 2.24) is 40.0 Å². The number of hydrogen-bond acceptors (Lipinski definition) is 12. The third kappa shape index (κ3) is 7.98. The third-order valence-corrected chi connectivity index (χ3v) is 10.1. The Balaban J connectivity index is 1.40. The molecule has 0 aliphatic heterocycles. The van der Waals surface area contributed by atoms with Gasteiger partial charge in [0, 0.05) is 30.3 Å². The summed E-state index contributed by atoms with van der Waals surface area (Å²) in [6, 6.07) is 6.91. The monoisotopic (exact) mass is 828 g/mol. The Morgan fingerprint density at radius 1 is 0.617 bits per heavy atom. The number of halogens is 2. The number of ether oxygens (including phenoxy) is 6. The van der Waals surface area contributed by atoms with Gasteiger partial charge in [0.1, 0.15) is 17.1 Å². The number of carbonyl (C=O) groups excluding carboxylic acids is 1. The quantitative estimate of drug-likeness (QED) is 0.0361. The number of methoxy groups -OCH3 is 6. The summed E-state index contributed by atoms with van der Waals surface area (Å²) in [5.74, 6) is 1.66. The third-order valence-electron chi connectivity index (χ3n) is 10.1. The van der Waals surface area contributed by atoms with E-state index in [9.17, 15) is 13.4 Å². The van der Waals surface area contributed by atoms with Crippen LogP contribution >= 0.6 is 0 Å². The minimum atomic E-state index is -3.23. The molecule has 0 saturated carbocycles. The molecule has 2 N–H and O–H groups in total. The Hall–Kier alpha value is -6.79. The van der Waals surface area contributed by atoms with E-state index in [0.717, 1.165) is 17.2 Å². The van der Waals surface area contributed by atoms with Crippen molar-refractivity contribution in [2.24, 2.45) is 0 Å². The Kier molecular flexibility index (Phi) is 13.1. The highest BCUT2D eigenvalue weighted by Crippen LogP contribution is 2.41. The first-order chi connectivity index (χ1) is 29.0. The molecule has 0 spiro atoms. The van der Waals surface area contributed by atoms with Crippen LogP contribution in [-0.4, -0.2) is 95.9 Å². The van der Waals surface area contributed by atoms with E-state index in [1.807, 2.05) is 27.7 Å². The van der Waals surface area contributed by atoms with Crippen LogP contribution in [0.3, 0.4) is 0 Å². The van der Waals surface area contributed by atoms with Gasteiger partial charge in [-0.2, -0.15) is 0 Å². The number of hydrogen-bond donors (Lipinski definition) is 2. The van der Waals surface area contributed by atoms with Crippen LogP contribution in [0, 0.1) is 0 Å². The summed E-state index contributed by atoms with van der Waals surface area (Å²) >= 11 is 0. The molecule has 60 heavy (non-hydrogen) atoms. The van der Waals surface area contributed by atoms with Gasteiger partial charge in [-0.05, 0) is 47.9 Å². The average molecular weight is 829 g/mol. The van der Waals surface area contributed by atoms with Crippen LogP contribution in [0.15, 0.2) is 42.7 Å². The highest BCUT2D eigenvalue weighted by atomic mass is 19.2. The molecule has 16 nitrogen and oxygen atoms in total. The summed E-state index contributed by atoms with van der Waals surface area (Å²) in [6.45, 7) is 7.72. The van der Waals surface area contributed by atoms with Gasteiger partial charge in [-0.15, -0.1) is 10.2 Å². The molecule has 0 aliphatic carbocycles. The van der Waals surface area contributed by atoms with Crippen molar-refractivity contribution >= 4 is 19.0 Å². The lowest BCUT2D eigenvalue weighted by Gasteiger charge is -2.13. The summed E-state index contributed by atoms with van der Waals surface area (Å²) in [7, 11) is 5.86. The van der Waals surface area contributed by atoms with Crippen molar-refractivity contribution in [3.8, 4) is 68.6 Å². The first-order valence-corrected chi connectivity index (χ1v) is 19.2. The zero-order valence-corrected chi connectivity index (χ0v) is 35.2. The predicted octanol–water partition coefficient (Wildman–Crippen LogP) is 7.30. The minimum Gasteiger partial charge on any atom is -0.503 e. The van der Waals surface area contributed by atoms with Crippen LogP contribution in [-0.2, 0) is 30.3 Å². The number of aromatic nitrogens is 8. The van der Waals surface area contributed by atoms with Gasteiger partial charge in [0.05, 0.1) is 89.2 Å². The molecule has 0 unspecified atom stereocenters. The molecule has 316 valence electrons. The smallest absolute Gasteiger partial charge is 0.503 e. The Morgan fingerprint density at radius 2 is 1.00 bits per heavy atom. The van der Waals surface area contributed by atoms with E-state index in [-0.39, 0.29) is 17.1 Å². The number of nitrogens with zero attached hydrogens (tertiary/aromatic N) is 6. The fraction of sp³-hybridized carbons (Fsp3) is 0.341. The number of benzene rings is 2. The molecule has 0 saturated heterocycles. The number of rotatable bonds is 19. The van der Waals surface area contributed by atoms with Gasteiger partial charge in [0.25, 0.3) is 0 Å². The fourth-order valence-corrected chi connectivity index (χ4v) is 7.43. The first kappa shape index (κ1) is 42.8. The summed E-state index contributed by atoms with van der Waals surface area (Å²) in [6.07, 6.45) is 6.44. The largest absolute Gasteiger partial charge is 0.796 e. The molecule has 0 bridgehead atoms. The molecule has 0 atom stereocenters. The SMILES string of the molecule is CCc1c(C(=O)/C=C(\OB(F)F)c2[nH]c(-c3cn(-c4cc(OC)c(OC)c(OC)c4)nn3)c(CC)c2CC)[nH]c(-c2cn(-c3cc(OC)c(OC)c(OC)c3)nn2)c1CC. The van der Waals surface area contributed by atoms with E-state index >= 15 is 0 Å². The normalized spacial score (nSPS) is 11.4. The number of aromatic amines is 2. The number of nitrogens with one attached hydrogen (secondary N) is 2. The summed E-state index contributed by atoms with van der Waals surface area (Å²) in [5.41, 5.74) is 6.65. The standard InChI is InChI=1S/C41H47BF2N8O8/c1-11-24-26(13-3)38(45-36(24)28-20-51(49-47-28)22-15-32(54-5)40(58-9)33(16-22)55-6)30(53)19-31(60-42(43)44)39-27(14-4)25(12-2)37(46-39)29-21-52(50-48-29)23-17-34(56-7)41(59-10)35(18-23)57-8/h15-21,45-46H,11-14H2,1-10H3/b31-19-. The van der Waals surface area contributed by atoms with Crippen LogP contribution in [0.2, 0.25) is 0 Å². The van der Waals surface area contributed by atoms with Gasteiger partial charge in [0.15, 0.2) is 23.0 Å². The zero-order chi connectivity index (χ0) is 43.2. The van der Waals surface area contributed by atoms with Crippen molar-refractivity contribution in [1.29, 1.82) is 0 Å². The van der Waals surface area contributed by atoms with Crippen molar-refractivity contribution < 1.29 is 46.5 Å². The molecule has 4 aromatic heterocycles. The summed E-state index contributed by atoms with van der Waals surface area (Å²) in [4.78, 5) is 20.8. The van der Waals surface area contributed by atoms with Gasteiger partial charge >= 0.3 is 7.47 Å². The van der Waals surface area contributed by atoms with Crippen LogP contribution in [0.4, 0.5) is 8.63 Å². The lowest BCUT2D eigenvalue weighted by molar-refractivity contribution is 0.104. The average Bonchev–Trinajstić information content (AvgIpc) is 4.09. The molecular formula is C41H47BF2N8O8. The lowest BCUT2D eigenvalue weighted by atomic mass is 9.99. The maximum Gasteiger partial charge on any atom is 0.796 e. The van der Waals surface area contributed by atoms with Crippen molar-refractivity contribution in [2.75, 3.05) is 42.7 Å². The molecule has 0 aliphatic rings. The minimum absolute atomic E-state index is 0.218. The second-order valence-electron chi connectivity index (χ2n) is 13.2. The summed E-state index contributed by atoms with van der Waals surface area (Å²) in [5, 5.41) is 17.5. The number of H-pyrrole nitrogens is 2. The van der Waals surface area contributed by atoms with Crippen molar-refractivity contribution in [2.45, 2.75) is 53.4 Å². The van der Waals surface area contributed by atoms with E-state index in [4.69, 9.17) is 33.1 Å².